The Labute approximate surface area is 154 Å². The highest BCUT2D eigenvalue weighted by atomic mass is 16.5. The number of rotatable bonds is 9. The zero-order chi connectivity index (χ0) is 18.8. The monoisotopic (exact) mass is 355 g/mol. The smallest absolute Gasteiger partial charge is 0.338 e. The first-order valence-electron chi connectivity index (χ1n) is 8.73. The van der Waals surface area contributed by atoms with E-state index in [1.54, 1.807) is 43.6 Å². The van der Waals surface area contributed by atoms with Gasteiger partial charge >= 0.3 is 5.97 Å². The van der Waals surface area contributed by atoms with Gasteiger partial charge in [0, 0.05) is 37.6 Å². The Balaban J connectivity index is 1.71. The maximum absolute atomic E-state index is 12.1. The van der Waals surface area contributed by atoms with Crippen molar-refractivity contribution < 1.29 is 14.3 Å². The first-order valence-corrected chi connectivity index (χ1v) is 8.73. The molecule has 0 bridgehead atoms. The summed E-state index contributed by atoms with van der Waals surface area (Å²) in [5.41, 5.74) is 2.38. The molecule has 0 atom stereocenters. The van der Waals surface area contributed by atoms with E-state index in [-0.39, 0.29) is 11.9 Å². The second kappa shape index (κ2) is 10.3. The van der Waals surface area contributed by atoms with Crippen molar-refractivity contribution in [1.82, 2.24) is 9.88 Å². The third-order valence-electron chi connectivity index (χ3n) is 3.93. The molecule has 0 unspecified atom stereocenters. The maximum Gasteiger partial charge on any atom is 0.338 e. The minimum absolute atomic E-state index is 0.0513. The highest BCUT2D eigenvalue weighted by Gasteiger charge is 2.08. The van der Waals surface area contributed by atoms with Crippen LogP contribution in [0.25, 0.3) is 0 Å². The molecule has 6 nitrogen and oxygen atoms in total. The van der Waals surface area contributed by atoms with Crippen molar-refractivity contribution in [3.05, 3.63) is 59.9 Å². The molecule has 0 saturated carbocycles. The van der Waals surface area contributed by atoms with Crippen LogP contribution in [0.2, 0.25) is 0 Å². The molecule has 1 amide bonds. The standard InChI is InChI=1S/C20H25N3O3/c1-3-26-20(25)17-4-6-18(7-5-17)22-19(24)11-15-23(2)14-10-16-8-12-21-13-9-16/h4-9,12-13H,3,10-11,14-15H2,1-2H3,(H,22,24). The molecule has 1 N–H and O–H groups in total. The van der Waals surface area contributed by atoms with Crippen molar-refractivity contribution in [2.24, 2.45) is 0 Å². The van der Waals surface area contributed by atoms with Crippen LogP contribution < -0.4 is 5.32 Å². The molecule has 0 fully saturated rings. The van der Waals surface area contributed by atoms with Gasteiger partial charge in [-0.2, -0.15) is 0 Å². The van der Waals surface area contributed by atoms with Gasteiger partial charge in [0.15, 0.2) is 0 Å². The predicted octanol–water partition coefficient (Wildman–Crippen LogP) is 2.76. The van der Waals surface area contributed by atoms with Crippen molar-refractivity contribution >= 4 is 17.6 Å². The summed E-state index contributed by atoms with van der Waals surface area (Å²) in [6.45, 7) is 3.66. The summed E-state index contributed by atoms with van der Waals surface area (Å²) >= 11 is 0. The number of aromatic nitrogens is 1. The fraction of sp³-hybridized carbons (Fsp3) is 0.350. The van der Waals surface area contributed by atoms with Gasteiger partial charge in [0.1, 0.15) is 0 Å². The SMILES string of the molecule is CCOC(=O)c1ccc(NC(=O)CCN(C)CCc2ccncc2)cc1. The van der Waals surface area contributed by atoms with Crippen LogP contribution in [0.3, 0.4) is 0 Å². The number of amides is 1. The van der Waals surface area contributed by atoms with Crippen molar-refractivity contribution in [3.8, 4) is 0 Å². The summed E-state index contributed by atoms with van der Waals surface area (Å²) in [7, 11) is 2.00. The molecule has 1 heterocycles. The van der Waals surface area contributed by atoms with E-state index in [9.17, 15) is 9.59 Å². The summed E-state index contributed by atoms with van der Waals surface area (Å²) in [6.07, 6.45) is 4.91. The van der Waals surface area contributed by atoms with Crippen LogP contribution in [0.1, 0.15) is 29.3 Å². The van der Waals surface area contributed by atoms with E-state index in [4.69, 9.17) is 4.74 Å². The average molecular weight is 355 g/mol. The number of nitrogens with one attached hydrogen (secondary N) is 1. The number of carbonyl (C=O) groups excluding carboxylic acids is 2. The summed E-state index contributed by atoms with van der Waals surface area (Å²) in [6, 6.07) is 10.7. The molecule has 26 heavy (non-hydrogen) atoms. The Hall–Kier alpha value is -2.73. The molecule has 1 aromatic heterocycles. The van der Waals surface area contributed by atoms with Crippen molar-refractivity contribution in [2.75, 3.05) is 32.1 Å². The van der Waals surface area contributed by atoms with E-state index in [0.29, 0.717) is 30.8 Å². The Kier molecular flexibility index (Phi) is 7.76. The number of esters is 1. The lowest BCUT2D eigenvalue weighted by molar-refractivity contribution is -0.116. The van der Waals surface area contributed by atoms with Crippen LogP contribution in [0.5, 0.6) is 0 Å². The number of likely N-dealkylation sites (N-methyl/N-ethyl adjacent to an activating group) is 1. The molecule has 2 rings (SSSR count). The van der Waals surface area contributed by atoms with E-state index < -0.39 is 0 Å². The summed E-state index contributed by atoms with van der Waals surface area (Å²) in [5.74, 6) is -0.411. The van der Waals surface area contributed by atoms with E-state index in [0.717, 1.165) is 13.0 Å². The predicted molar refractivity (Wildman–Crippen MR) is 101 cm³/mol. The Morgan fingerprint density at radius 2 is 1.77 bits per heavy atom. The minimum atomic E-state index is -0.360. The first kappa shape index (κ1) is 19.6. The Morgan fingerprint density at radius 3 is 2.42 bits per heavy atom. The van der Waals surface area contributed by atoms with Gasteiger partial charge in [0.05, 0.1) is 12.2 Å². The van der Waals surface area contributed by atoms with E-state index in [1.165, 1.54) is 5.56 Å². The van der Waals surface area contributed by atoms with Gasteiger partial charge in [0.25, 0.3) is 0 Å². The van der Waals surface area contributed by atoms with Gasteiger partial charge in [-0.1, -0.05) is 0 Å². The molecule has 6 heteroatoms. The molecular formula is C20H25N3O3. The van der Waals surface area contributed by atoms with Crippen molar-refractivity contribution in [3.63, 3.8) is 0 Å². The molecule has 1 aromatic carbocycles. The highest BCUT2D eigenvalue weighted by molar-refractivity contribution is 5.93. The number of anilines is 1. The molecule has 0 aliphatic carbocycles. The zero-order valence-electron chi connectivity index (χ0n) is 15.3. The Morgan fingerprint density at radius 1 is 1.08 bits per heavy atom. The third kappa shape index (κ3) is 6.64. The number of hydrogen-bond donors (Lipinski definition) is 1. The van der Waals surface area contributed by atoms with Crippen molar-refractivity contribution in [1.29, 1.82) is 0 Å². The lowest BCUT2D eigenvalue weighted by Gasteiger charge is -2.16. The minimum Gasteiger partial charge on any atom is -0.462 e. The van der Waals surface area contributed by atoms with Gasteiger partial charge in [-0.3, -0.25) is 9.78 Å². The van der Waals surface area contributed by atoms with E-state index in [1.807, 2.05) is 19.2 Å². The largest absolute Gasteiger partial charge is 0.462 e. The maximum atomic E-state index is 12.1. The fourth-order valence-corrected chi connectivity index (χ4v) is 2.40. The van der Waals surface area contributed by atoms with Crippen LogP contribution in [0, 0.1) is 0 Å². The van der Waals surface area contributed by atoms with Crippen LogP contribution >= 0.6 is 0 Å². The number of carbonyl (C=O) groups is 2. The number of hydrogen-bond acceptors (Lipinski definition) is 5. The van der Waals surface area contributed by atoms with Gasteiger partial charge in [-0.05, 0) is 62.4 Å². The highest BCUT2D eigenvalue weighted by Crippen LogP contribution is 2.11. The quantitative estimate of drug-likeness (QED) is 0.700. The average Bonchev–Trinajstić information content (AvgIpc) is 2.66. The fourth-order valence-electron chi connectivity index (χ4n) is 2.40. The topological polar surface area (TPSA) is 71.5 Å². The molecule has 138 valence electrons. The van der Waals surface area contributed by atoms with Crippen LogP contribution in [0.4, 0.5) is 5.69 Å². The number of nitrogens with zero attached hydrogens (tertiary/aromatic N) is 2. The van der Waals surface area contributed by atoms with Crippen molar-refractivity contribution in [2.45, 2.75) is 19.8 Å². The summed E-state index contributed by atoms with van der Waals surface area (Å²) in [5, 5.41) is 2.84. The van der Waals surface area contributed by atoms with Gasteiger partial charge in [-0.25, -0.2) is 4.79 Å². The second-order valence-corrected chi connectivity index (χ2v) is 6.00. The normalized spacial score (nSPS) is 10.6. The van der Waals surface area contributed by atoms with E-state index >= 15 is 0 Å². The summed E-state index contributed by atoms with van der Waals surface area (Å²) in [4.78, 5) is 29.8. The summed E-state index contributed by atoms with van der Waals surface area (Å²) < 4.78 is 4.93. The molecule has 0 aliphatic heterocycles. The van der Waals surface area contributed by atoms with Gasteiger partial charge < -0.3 is 15.0 Å². The van der Waals surface area contributed by atoms with Gasteiger partial charge in [0.2, 0.25) is 5.91 Å². The van der Waals surface area contributed by atoms with E-state index in [2.05, 4.69) is 15.2 Å². The second-order valence-electron chi connectivity index (χ2n) is 6.00. The number of ether oxygens (including phenoxy) is 1. The van der Waals surface area contributed by atoms with Crippen LogP contribution in [-0.2, 0) is 16.0 Å². The molecule has 0 spiro atoms. The lowest BCUT2D eigenvalue weighted by atomic mass is 10.2. The molecule has 0 aliphatic rings. The Bertz CT molecular complexity index is 702. The molecule has 2 aromatic rings. The molecular weight excluding hydrogens is 330 g/mol. The zero-order valence-corrected chi connectivity index (χ0v) is 15.3. The molecule has 0 radical (unpaired) electrons. The third-order valence-corrected chi connectivity index (χ3v) is 3.93. The first-order chi connectivity index (χ1) is 12.6. The van der Waals surface area contributed by atoms with Crippen LogP contribution in [-0.4, -0.2) is 48.5 Å². The van der Waals surface area contributed by atoms with Crippen LogP contribution in [0.15, 0.2) is 48.8 Å². The molecule has 0 saturated heterocycles. The number of benzene rings is 1. The lowest BCUT2D eigenvalue weighted by Crippen LogP contribution is -2.26. The van der Waals surface area contributed by atoms with Gasteiger partial charge in [-0.15, -0.1) is 0 Å². The number of pyridine rings is 1.